The molecular weight excluding hydrogens is 332 g/mol. The number of rotatable bonds is 9. The first-order valence-electron chi connectivity index (χ1n) is 9.47. The number of hydrogen-bond donors (Lipinski definition) is 0. The lowest BCUT2D eigenvalue weighted by Crippen LogP contribution is -2.37. The van der Waals surface area contributed by atoms with Crippen LogP contribution in [0.5, 0.6) is 0 Å². The van der Waals surface area contributed by atoms with Crippen LogP contribution < -0.4 is 0 Å². The van der Waals surface area contributed by atoms with Gasteiger partial charge in [-0.1, -0.05) is 45.0 Å². The third-order valence-electron chi connectivity index (χ3n) is 5.83. The number of ether oxygens (including phenoxy) is 1. The average Bonchev–Trinajstić information content (AvgIpc) is 2.95. The fraction of sp³-hybridized carbons (Fsp3) is 0.650. The van der Waals surface area contributed by atoms with Crippen molar-refractivity contribution in [3.05, 3.63) is 35.4 Å². The number of aryl methyl sites for hydroxylation is 1. The van der Waals surface area contributed by atoms with Crippen LogP contribution in [0.2, 0.25) is 18.1 Å². The van der Waals surface area contributed by atoms with Gasteiger partial charge in [-0.2, -0.15) is 0 Å². The van der Waals surface area contributed by atoms with Crippen LogP contribution in [0.15, 0.2) is 24.3 Å². The van der Waals surface area contributed by atoms with Crippen molar-refractivity contribution in [3.63, 3.8) is 0 Å². The molecule has 1 aliphatic rings. The van der Waals surface area contributed by atoms with Crippen molar-refractivity contribution in [2.75, 3.05) is 6.61 Å². The highest BCUT2D eigenvalue weighted by Gasteiger charge is 2.43. The molecule has 1 fully saturated rings. The maximum atomic E-state index is 12.2. The lowest BCUT2D eigenvalue weighted by Gasteiger charge is -2.32. The molecule has 0 N–H and O–H groups in total. The lowest BCUT2D eigenvalue weighted by molar-refractivity contribution is -0.266. The number of cyclic esters (lactones) is 1. The summed E-state index contributed by atoms with van der Waals surface area (Å²) in [6.45, 7) is 11.1. The summed E-state index contributed by atoms with van der Waals surface area (Å²) in [5.41, 5.74) is 1.74. The van der Waals surface area contributed by atoms with E-state index in [1.165, 1.54) is 0 Å². The topological polar surface area (TPSA) is 44.8 Å². The van der Waals surface area contributed by atoms with Crippen LogP contribution in [0.1, 0.15) is 57.8 Å². The third kappa shape index (κ3) is 4.52. The highest BCUT2D eigenvalue weighted by atomic mass is 28.4. The molecular formula is C20H32O4Si. The predicted octanol–water partition coefficient (Wildman–Crippen LogP) is 5.33. The molecule has 1 aromatic rings. The molecule has 1 aromatic carbocycles. The van der Waals surface area contributed by atoms with Crippen molar-refractivity contribution in [2.24, 2.45) is 5.41 Å². The fourth-order valence-corrected chi connectivity index (χ4v) is 5.64. The van der Waals surface area contributed by atoms with Crippen LogP contribution in [0.3, 0.4) is 0 Å². The number of benzene rings is 1. The Morgan fingerprint density at radius 3 is 2.36 bits per heavy atom. The second kappa shape index (κ2) is 8.47. The van der Waals surface area contributed by atoms with E-state index in [1.807, 2.05) is 19.1 Å². The maximum absolute atomic E-state index is 12.2. The van der Waals surface area contributed by atoms with Gasteiger partial charge in [0.1, 0.15) is 6.10 Å². The van der Waals surface area contributed by atoms with E-state index < -0.39 is 13.7 Å². The molecule has 2 rings (SSSR count). The van der Waals surface area contributed by atoms with Crippen molar-refractivity contribution in [2.45, 2.75) is 71.7 Å². The molecule has 140 valence electrons. The molecule has 5 heteroatoms. The number of carbonyl (C=O) groups is 1. The molecule has 2 atom stereocenters. The zero-order valence-electron chi connectivity index (χ0n) is 16.3. The molecule has 0 saturated carbocycles. The predicted molar refractivity (Wildman–Crippen MR) is 102 cm³/mol. The van der Waals surface area contributed by atoms with Gasteiger partial charge in [0, 0.05) is 0 Å². The Hall–Kier alpha value is -1.17. The average molecular weight is 365 g/mol. The molecule has 4 nitrogen and oxygen atoms in total. The van der Waals surface area contributed by atoms with Gasteiger partial charge in [0.2, 0.25) is 8.32 Å². The van der Waals surface area contributed by atoms with Gasteiger partial charge in [0.15, 0.2) is 0 Å². The molecule has 0 spiro atoms. The van der Waals surface area contributed by atoms with E-state index in [0.717, 1.165) is 35.7 Å². The van der Waals surface area contributed by atoms with Crippen LogP contribution >= 0.6 is 0 Å². The van der Waals surface area contributed by atoms with Crippen molar-refractivity contribution in [1.29, 1.82) is 0 Å². The Balaban J connectivity index is 2.24. The van der Waals surface area contributed by atoms with Crippen LogP contribution in [0, 0.1) is 12.3 Å². The maximum Gasteiger partial charge on any atom is 0.312 e. The van der Waals surface area contributed by atoms with E-state index in [9.17, 15) is 4.79 Å². The monoisotopic (exact) mass is 364 g/mol. The van der Waals surface area contributed by atoms with E-state index in [4.69, 9.17) is 14.2 Å². The van der Waals surface area contributed by atoms with Crippen LogP contribution in [0.4, 0.5) is 0 Å². The van der Waals surface area contributed by atoms with Gasteiger partial charge in [0.25, 0.3) is 0 Å². The van der Waals surface area contributed by atoms with Crippen LogP contribution in [-0.4, -0.2) is 20.9 Å². The van der Waals surface area contributed by atoms with Crippen molar-refractivity contribution < 1.29 is 19.0 Å². The first-order chi connectivity index (χ1) is 11.9. The Kier molecular flexibility index (Phi) is 6.83. The normalized spacial score (nSPS) is 22.0. The van der Waals surface area contributed by atoms with Gasteiger partial charge in [-0.15, -0.1) is 0 Å². The summed E-state index contributed by atoms with van der Waals surface area (Å²) < 4.78 is 11.3. The zero-order chi connectivity index (χ0) is 18.5. The van der Waals surface area contributed by atoms with E-state index >= 15 is 0 Å². The minimum absolute atomic E-state index is 0.125. The lowest BCUT2D eigenvalue weighted by atomic mass is 9.81. The quantitative estimate of drug-likeness (QED) is 0.257. The van der Waals surface area contributed by atoms with Gasteiger partial charge in [-0.05, 0) is 55.9 Å². The summed E-state index contributed by atoms with van der Waals surface area (Å²) in [5.74, 6) is -0.125. The summed E-state index contributed by atoms with van der Waals surface area (Å²) in [5, 5.41) is 0. The molecule has 1 saturated heterocycles. The van der Waals surface area contributed by atoms with Crippen LogP contribution in [-0.2, 0) is 19.0 Å². The summed E-state index contributed by atoms with van der Waals surface area (Å²) in [4.78, 5) is 18.3. The van der Waals surface area contributed by atoms with Crippen molar-refractivity contribution in [1.82, 2.24) is 0 Å². The third-order valence-corrected chi connectivity index (χ3v) is 10.1. The van der Waals surface area contributed by atoms with Gasteiger partial charge in [-0.25, -0.2) is 4.89 Å². The molecule has 1 heterocycles. The smallest absolute Gasteiger partial charge is 0.312 e. The van der Waals surface area contributed by atoms with Crippen molar-refractivity contribution in [3.8, 4) is 0 Å². The highest BCUT2D eigenvalue weighted by Crippen LogP contribution is 2.41. The van der Waals surface area contributed by atoms with E-state index in [2.05, 4.69) is 39.8 Å². The summed E-state index contributed by atoms with van der Waals surface area (Å²) in [6.07, 6.45) is 1.06. The zero-order valence-corrected chi connectivity index (χ0v) is 17.3. The van der Waals surface area contributed by atoms with Gasteiger partial charge in [-0.3, -0.25) is 9.37 Å². The Bertz CT molecular complexity index is 577. The molecule has 2 unspecified atom stereocenters. The van der Waals surface area contributed by atoms with Crippen molar-refractivity contribution >= 4 is 14.3 Å². The number of esters is 1. The SMILES string of the molecule is CC[Si](CC)(CC)OOC(CC1(C)CCOC1=O)c1ccccc1C. The second-order valence-electron chi connectivity index (χ2n) is 7.42. The standard InChI is InChI=1S/C20H32O4Si/c1-6-25(7-2,8-3)24-23-18(17-12-10-9-11-16(17)4)15-20(5)13-14-22-19(20)21/h9-12,18H,6-8,13-15H2,1-5H3. The largest absolute Gasteiger partial charge is 0.465 e. The molecule has 0 bridgehead atoms. The fourth-order valence-electron chi connectivity index (χ4n) is 3.47. The molecule has 0 amide bonds. The Morgan fingerprint density at radius 1 is 1.20 bits per heavy atom. The first kappa shape index (κ1) is 20.1. The second-order valence-corrected chi connectivity index (χ2v) is 12.1. The molecule has 25 heavy (non-hydrogen) atoms. The molecule has 0 radical (unpaired) electrons. The number of carbonyl (C=O) groups excluding carboxylic acids is 1. The number of hydrogen-bond acceptors (Lipinski definition) is 4. The minimum Gasteiger partial charge on any atom is -0.465 e. The molecule has 0 aliphatic carbocycles. The van der Waals surface area contributed by atoms with Crippen LogP contribution in [0.25, 0.3) is 0 Å². The Morgan fingerprint density at radius 2 is 1.84 bits per heavy atom. The summed E-state index contributed by atoms with van der Waals surface area (Å²) in [6, 6.07) is 11.3. The summed E-state index contributed by atoms with van der Waals surface area (Å²) >= 11 is 0. The van der Waals surface area contributed by atoms with E-state index in [0.29, 0.717) is 13.0 Å². The Labute approximate surface area is 152 Å². The van der Waals surface area contributed by atoms with E-state index in [-0.39, 0.29) is 12.1 Å². The minimum atomic E-state index is -1.87. The highest BCUT2D eigenvalue weighted by molar-refractivity contribution is 6.73. The van der Waals surface area contributed by atoms with Gasteiger partial charge in [0.05, 0.1) is 12.0 Å². The first-order valence-corrected chi connectivity index (χ1v) is 12.0. The van der Waals surface area contributed by atoms with Gasteiger partial charge >= 0.3 is 5.97 Å². The molecule has 1 aliphatic heterocycles. The summed E-state index contributed by atoms with van der Waals surface area (Å²) in [7, 11) is -1.87. The van der Waals surface area contributed by atoms with E-state index in [1.54, 1.807) is 0 Å². The molecule has 0 aromatic heterocycles. The van der Waals surface area contributed by atoms with Gasteiger partial charge < -0.3 is 4.74 Å².